The molecule has 0 aliphatic heterocycles. The molecule has 0 fully saturated rings. The highest BCUT2D eigenvalue weighted by atomic mass is 32.2. The SMILES string of the molecule is Cc1ccc(F)c(-c2nc(CSc3nnc(-c4cccs4)n3CC(F)(F)F)no2)c1. The smallest absolute Gasteiger partial charge is 0.334 e. The van der Waals surface area contributed by atoms with Crippen molar-refractivity contribution >= 4 is 23.1 Å². The molecule has 30 heavy (non-hydrogen) atoms. The summed E-state index contributed by atoms with van der Waals surface area (Å²) in [4.78, 5) is 4.72. The van der Waals surface area contributed by atoms with Crippen molar-refractivity contribution in [3.05, 3.63) is 52.9 Å². The molecule has 0 atom stereocenters. The number of nitrogens with zero attached hydrogens (tertiary/aromatic N) is 5. The van der Waals surface area contributed by atoms with Crippen LogP contribution in [0.4, 0.5) is 17.6 Å². The monoisotopic (exact) mass is 455 g/mol. The first-order valence-corrected chi connectivity index (χ1v) is 10.4. The largest absolute Gasteiger partial charge is 0.406 e. The summed E-state index contributed by atoms with van der Waals surface area (Å²) in [5, 5.41) is 13.4. The highest BCUT2D eigenvalue weighted by Crippen LogP contribution is 2.32. The molecule has 4 rings (SSSR count). The van der Waals surface area contributed by atoms with Crippen molar-refractivity contribution in [1.29, 1.82) is 0 Å². The van der Waals surface area contributed by atoms with Crippen molar-refractivity contribution < 1.29 is 22.1 Å². The van der Waals surface area contributed by atoms with Crippen LogP contribution in [0.25, 0.3) is 22.2 Å². The van der Waals surface area contributed by atoms with Crippen LogP contribution in [-0.4, -0.2) is 31.1 Å². The first-order valence-electron chi connectivity index (χ1n) is 8.56. The van der Waals surface area contributed by atoms with E-state index in [1.54, 1.807) is 36.6 Å². The van der Waals surface area contributed by atoms with Crippen LogP contribution in [0.2, 0.25) is 0 Å². The van der Waals surface area contributed by atoms with Crippen LogP contribution in [0.3, 0.4) is 0 Å². The van der Waals surface area contributed by atoms with E-state index in [2.05, 4.69) is 20.3 Å². The van der Waals surface area contributed by atoms with E-state index >= 15 is 0 Å². The second-order valence-corrected chi connectivity index (χ2v) is 8.16. The highest BCUT2D eigenvalue weighted by molar-refractivity contribution is 7.98. The lowest BCUT2D eigenvalue weighted by atomic mass is 10.1. The molecule has 6 nitrogen and oxygen atoms in total. The molecule has 0 saturated carbocycles. The van der Waals surface area contributed by atoms with E-state index in [9.17, 15) is 17.6 Å². The van der Waals surface area contributed by atoms with Crippen LogP contribution in [-0.2, 0) is 12.3 Å². The van der Waals surface area contributed by atoms with Gasteiger partial charge < -0.3 is 4.52 Å². The fourth-order valence-electron chi connectivity index (χ4n) is 2.66. The minimum absolute atomic E-state index is 0.00262. The van der Waals surface area contributed by atoms with E-state index in [0.29, 0.717) is 4.88 Å². The Morgan fingerprint density at radius 2 is 2.03 bits per heavy atom. The Hall–Kier alpha value is -2.73. The molecular weight excluding hydrogens is 442 g/mol. The topological polar surface area (TPSA) is 69.6 Å². The molecule has 0 unspecified atom stereocenters. The van der Waals surface area contributed by atoms with Crippen molar-refractivity contribution in [3.63, 3.8) is 0 Å². The number of halogens is 4. The first-order chi connectivity index (χ1) is 14.3. The summed E-state index contributed by atoms with van der Waals surface area (Å²) in [6, 6.07) is 7.90. The predicted octanol–water partition coefficient (Wildman–Crippen LogP) is 5.36. The van der Waals surface area contributed by atoms with E-state index < -0.39 is 18.5 Å². The highest BCUT2D eigenvalue weighted by Gasteiger charge is 2.31. The summed E-state index contributed by atoms with van der Waals surface area (Å²) in [5.41, 5.74) is 0.987. The first kappa shape index (κ1) is 20.5. The molecule has 0 aliphatic carbocycles. The van der Waals surface area contributed by atoms with Gasteiger partial charge in [0.1, 0.15) is 12.4 Å². The Morgan fingerprint density at radius 1 is 1.20 bits per heavy atom. The van der Waals surface area contributed by atoms with E-state index in [4.69, 9.17) is 4.52 Å². The maximum Gasteiger partial charge on any atom is 0.406 e. The molecule has 0 amide bonds. The van der Waals surface area contributed by atoms with E-state index in [-0.39, 0.29) is 34.0 Å². The Bertz CT molecular complexity index is 1150. The van der Waals surface area contributed by atoms with Crippen molar-refractivity contribution in [1.82, 2.24) is 24.9 Å². The number of hydrogen-bond donors (Lipinski definition) is 0. The molecule has 156 valence electrons. The van der Waals surface area contributed by atoms with Gasteiger partial charge in [-0.15, -0.1) is 21.5 Å². The van der Waals surface area contributed by atoms with Gasteiger partial charge in [0, 0.05) is 0 Å². The second-order valence-electron chi connectivity index (χ2n) is 6.27. The molecule has 0 N–H and O–H groups in total. The average Bonchev–Trinajstić information content (AvgIpc) is 3.41. The Balaban J connectivity index is 1.56. The van der Waals surface area contributed by atoms with Gasteiger partial charge in [0.25, 0.3) is 5.89 Å². The zero-order valence-corrected chi connectivity index (χ0v) is 17.0. The third-order valence-corrected chi connectivity index (χ3v) is 5.78. The number of thiophene rings is 1. The number of alkyl halides is 3. The van der Waals surface area contributed by atoms with Crippen LogP contribution in [0, 0.1) is 12.7 Å². The van der Waals surface area contributed by atoms with Gasteiger partial charge in [-0.25, -0.2) is 4.39 Å². The van der Waals surface area contributed by atoms with Crippen LogP contribution >= 0.6 is 23.1 Å². The van der Waals surface area contributed by atoms with Gasteiger partial charge in [-0.05, 0) is 30.5 Å². The zero-order valence-electron chi connectivity index (χ0n) is 15.4. The van der Waals surface area contributed by atoms with Gasteiger partial charge in [0.05, 0.1) is 16.2 Å². The van der Waals surface area contributed by atoms with Crippen molar-refractivity contribution in [2.75, 3.05) is 0 Å². The molecule has 3 aromatic heterocycles. The van der Waals surface area contributed by atoms with Crippen molar-refractivity contribution in [2.24, 2.45) is 0 Å². The second kappa shape index (κ2) is 8.19. The minimum atomic E-state index is -4.44. The number of aromatic nitrogens is 5. The molecule has 0 bridgehead atoms. The number of benzene rings is 1. The summed E-state index contributed by atoms with van der Waals surface area (Å²) in [7, 11) is 0. The number of rotatable bonds is 6. The standard InChI is InChI=1S/C18H13F4N5OS2/c1-10-4-5-12(19)11(7-10)16-23-14(26-28-16)8-30-17-25-24-15(13-3-2-6-29-13)27(17)9-18(20,21)22/h2-7H,8-9H2,1H3. The van der Waals surface area contributed by atoms with Gasteiger partial charge >= 0.3 is 6.18 Å². The minimum Gasteiger partial charge on any atom is -0.334 e. The third-order valence-electron chi connectivity index (χ3n) is 3.95. The lowest BCUT2D eigenvalue weighted by molar-refractivity contribution is -0.141. The summed E-state index contributed by atoms with van der Waals surface area (Å²) in [6.07, 6.45) is -4.44. The summed E-state index contributed by atoms with van der Waals surface area (Å²) >= 11 is 2.26. The van der Waals surface area contributed by atoms with Gasteiger partial charge in [0.15, 0.2) is 16.8 Å². The maximum absolute atomic E-state index is 14.0. The van der Waals surface area contributed by atoms with Gasteiger partial charge in [0.2, 0.25) is 0 Å². The van der Waals surface area contributed by atoms with Gasteiger partial charge in [-0.1, -0.05) is 34.6 Å². The van der Waals surface area contributed by atoms with Crippen LogP contribution in [0.1, 0.15) is 11.4 Å². The van der Waals surface area contributed by atoms with Crippen LogP contribution in [0.5, 0.6) is 0 Å². The van der Waals surface area contributed by atoms with Crippen molar-refractivity contribution in [2.45, 2.75) is 30.6 Å². The zero-order chi connectivity index (χ0) is 21.3. The molecule has 1 aromatic carbocycles. The molecule has 12 heteroatoms. The van der Waals surface area contributed by atoms with Gasteiger partial charge in [-0.3, -0.25) is 4.57 Å². The maximum atomic E-state index is 14.0. The lowest BCUT2D eigenvalue weighted by Gasteiger charge is -2.11. The summed E-state index contributed by atoms with van der Waals surface area (Å²) < 4.78 is 59.4. The molecule has 0 radical (unpaired) electrons. The summed E-state index contributed by atoms with van der Waals surface area (Å²) in [6.45, 7) is 0.580. The molecule has 3 heterocycles. The molecule has 4 aromatic rings. The molecule has 0 aliphatic rings. The Labute approximate surface area is 175 Å². The predicted molar refractivity (Wildman–Crippen MR) is 103 cm³/mol. The molecule has 0 spiro atoms. The Kier molecular flexibility index (Phi) is 5.60. The fraction of sp³-hybridized carbons (Fsp3) is 0.222. The van der Waals surface area contributed by atoms with Crippen LogP contribution in [0.15, 0.2) is 45.4 Å². The van der Waals surface area contributed by atoms with E-state index in [0.717, 1.165) is 21.9 Å². The summed E-state index contributed by atoms with van der Waals surface area (Å²) in [5.74, 6) is -0.0791. The van der Waals surface area contributed by atoms with Gasteiger partial charge in [-0.2, -0.15) is 18.2 Å². The van der Waals surface area contributed by atoms with E-state index in [1.165, 1.54) is 17.4 Å². The third kappa shape index (κ3) is 4.54. The molecule has 0 saturated heterocycles. The fourth-order valence-corrected chi connectivity index (χ4v) is 4.16. The van der Waals surface area contributed by atoms with Crippen molar-refractivity contribution in [3.8, 4) is 22.2 Å². The normalized spacial score (nSPS) is 11.9. The number of hydrogen-bond acceptors (Lipinski definition) is 7. The number of aryl methyl sites for hydroxylation is 1. The lowest BCUT2D eigenvalue weighted by Crippen LogP contribution is -2.19. The van der Waals surface area contributed by atoms with E-state index in [1.807, 2.05) is 0 Å². The quantitative estimate of drug-likeness (QED) is 0.288. The Morgan fingerprint density at radius 3 is 2.77 bits per heavy atom. The molecular formula is C18H13F4N5OS2. The average molecular weight is 455 g/mol. The number of thioether (sulfide) groups is 1. The van der Waals surface area contributed by atoms with Crippen LogP contribution < -0.4 is 0 Å².